The molecule has 1 aromatic heterocycles. The zero-order valence-corrected chi connectivity index (χ0v) is 28.3. The number of rotatable bonds is 10. The number of amidine groups is 1. The number of hydrogen-bond acceptors (Lipinski definition) is 6. The van der Waals surface area contributed by atoms with Crippen LogP contribution in [0.15, 0.2) is 78.0 Å². The van der Waals surface area contributed by atoms with Gasteiger partial charge in [-0.05, 0) is 85.2 Å². The zero-order chi connectivity index (χ0) is 34.4. The van der Waals surface area contributed by atoms with Crippen molar-refractivity contribution in [2.24, 2.45) is 10.9 Å². The van der Waals surface area contributed by atoms with Crippen LogP contribution in [0.4, 0.5) is 23.7 Å². The maximum absolute atomic E-state index is 13.0. The Hall–Kier alpha value is -4.52. The molecule has 3 aromatic carbocycles. The van der Waals surface area contributed by atoms with Gasteiger partial charge in [-0.2, -0.15) is 4.99 Å². The Morgan fingerprint density at radius 3 is 2.44 bits per heavy atom. The highest BCUT2D eigenvalue weighted by Gasteiger charge is 2.31. The first kappa shape index (κ1) is 34.8. The average Bonchev–Trinajstić information content (AvgIpc) is 3.54. The van der Waals surface area contributed by atoms with E-state index in [1.807, 2.05) is 30.3 Å². The third-order valence-corrected chi connectivity index (χ3v) is 8.94. The van der Waals surface area contributed by atoms with E-state index in [0.717, 1.165) is 46.7 Å². The van der Waals surface area contributed by atoms with Gasteiger partial charge in [0.1, 0.15) is 17.8 Å². The molecule has 2 amide bonds. The lowest BCUT2D eigenvalue weighted by molar-refractivity contribution is -0.274. The number of benzene rings is 3. The second-order valence-corrected chi connectivity index (χ2v) is 13.1. The molecule has 9 nitrogen and oxygen atoms in total. The third-order valence-electron chi connectivity index (χ3n) is 7.95. The number of carbonyl (C=O) groups excluding carboxylic acids is 1. The van der Waals surface area contributed by atoms with Crippen LogP contribution in [0.5, 0.6) is 11.5 Å². The number of nitrogens with zero attached hydrogens (tertiary/aromatic N) is 5. The molecule has 5 rings (SSSR count). The van der Waals surface area contributed by atoms with E-state index < -0.39 is 6.36 Å². The fourth-order valence-corrected chi connectivity index (χ4v) is 6.65. The number of ether oxygens (including phenoxy) is 2. The van der Waals surface area contributed by atoms with Crippen molar-refractivity contribution in [2.75, 3.05) is 24.3 Å². The van der Waals surface area contributed by atoms with E-state index in [2.05, 4.69) is 69.9 Å². The number of nitrogens with one attached hydrogen (secondary N) is 1. The quantitative estimate of drug-likeness (QED) is 0.180. The number of anilines is 1. The molecule has 2 unspecified atom stereocenters. The molecule has 1 fully saturated rings. The van der Waals surface area contributed by atoms with Gasteiger partial charge >= 0.3 is 12.4 Å². The Bertz CT molecular complexity index is 1720. The highest BCUT2D eigenvalue weighted by molar-refractivity contribution is 8.14. The Balaban J connectivity index is 1.17. The Morgan fingerprint density at radius 2 is 1.77 bits per heavy atom. The summed E-state index contributed by atoms with van der Waals surface area (Å²) in [7, 11) is 1.66. The normalized spacial score (nSPS) is 16.6. The summed E-state index contributed by atoms with van der Waals surface area (Å²) < 4.78 is 48.2. The maximum Gasteiger partial charge on any atom is 0.573 e. The molecule has 2 heterocycles. The number of methoxy groups -OCH3 is 1. The molecule has 4 aromatic rings. The van der Waals surface area contributed by atoms with Gasteiger partial charge in [0, 0.05) is 29.6 Å². The number of halogens is 3. The molecule has 2 atom stereocenters. The second-order valence-electron chi connectivity index (χ2n) is 12.1. The van der Waals surface area contributed by atoms with E-state index in [4.69, 9.17) is 4.74 Å². The summed E-state index contributed by atoms with van der Waals surface area (Å²) in [6.45, 7) is 9.00. The lowest BCUT2D eigenvalue weighted by atomic mass is 9.99. The van der Waals surface area contributed by atoms with Crippen molar-refractivity contribution in [3.63, 3.8) is 0 Å². The topological polar surface area (TPSA) is 93.9 Å². The molecule has 0 aliphatic carbocycles. The van der Waals surface area contributed by atoms with Crippen molar-refractivity contribution in [3.8, 4) is 28.6 Å². The van der Waals surface area contributed by atoms with Gasteiger partial charge in [0.05, 0.1) is 12.8 Å². The molecular formula is C35H39F3N6O3S. The lowest BCUT2D eigenvalue weighted by Gasteiger charge is -2.37. The summed E-state index contributed by atoms with van der Waals surface area (Å²) in [5.74, 6) is 2.30. The highest BCUT2D eigenvalue weighted by Crippen LogP contribution is 2.37. The molecular weight excluding hydrogens is 641 g/mol. The van der Waals surface area contributed by atoms with Crippen molar-refractivity contribution < 1.29 is 27.4 Å². The van der Waals surface area contributed by atoms with Crippen molar-refractivity contribution in [2.45, 2.75) is 58.9 Å². The van der Waals surface area contributed by atoms with Gasteiger partial charge in [0.15, 0.2) is 11.0 Å². The zero-order valence-electron chi connectivity index (χ0n) is 27.5. The number of carbonyl (C=O) groups is 1. The van der Waals surface area contributed by atoms with Crippen LogP contribution in [-0.2, 0) is 6.42 Å². The van der Waals surface area contributed by atoms with E-state index in [0.29, 0.717) is 23.2 Å². The van der Waals surface area contributed by atoms with Gasteiger partial charge in [-0.15, -0.1) is 18.3 Å². The highest BCUT2D eigenvalue weighted by atomic mass is 32.2. The van der Waals surface area contributed by atoms with E-state index >= 15 is 0 Å². The Labute approximate surface area is 282 Å². The van der Waals surface area contributed by atoms with Crippen LogP contribution in [0.2, 0.25) is 0 Å². The molecule has 1 N–H and O–H groups in total. The first-order valence-electron chi connectivity index (χ1n) is 15.7. The van der Waals surface area contributed by atoms with Crippen molar-refractivity contribution in [1.29, 1.82) is 0 Å². The van der Waals surface area contributed by atoms with Crippen LogP contribution < -0.4 is 19.7 Å². The molecule has 254 valence electrons. The second kappa shape index (κ2) is 15.1. The predicted molar refractivity (Wildman–Crippen MR) is 183 cm³/mol. The minimum atomic E-state index is -4.75. The van der Waals surface area contributed by atoms with Crippen molar-refractivity contribution in [3.05, 3.63) is 84.2 Å². The molecule has 0 spiro atoms. The number of aromatic nitrogens is 3. The van der Waals surface area contributed by atoms with Crippen LogP contribution in [0.25, 0.3) is 17.1 Å². The average molecular weight is 681 g/mol. The molecule has 0 saturated carbocycles. The number of thioether (sulfide) groups is 1. The van der Waals surface area contributed by atoms with Crippen LogP contribution in [0.3, 0.4) is 0 Å². The lowest BCUT2D eigenvalue weighted by Crippen LogP contribution is -2.43. The number of alkyl halides is 3. The van der Waals surface area contributed by atoms with Gasteiger partial charge < -0.3 is 19.7 Å². The number of aliphatic imine (C=N–C) groups is 1. The molecule has 1 saturated heterocycles. The number of urea groups is 1. The van der Waals surface area contributed by atoms with Gasteiger partial charge in [-0.1, -0.05) is 56.8 Å². The minimum absolute atomic E-state index is 0.157. The maximum atomic E-state index is 13.0. The Morgan fingerprint density at radius 1 is 1.06 bits per heavy atom. The summed E-state index contributed by atoms with van der Waals surface area (Å²) >= 11 is 1.60. The van der Waals surface area contributed by atoms with E-state index in [9.17, 15) is 18.0 Å². The first-order valence-corrected chi connectivity index (χ1v) is 16.7. The largest absolute Gasteiger partial charge is 0.573 e. The molecule has 1 aliphatic rings. The summed E-state index contributed by atoms with van der Waals surface area (Å²) in [4.78, 5) is 24.1. The van der Waals surface area contributed by atoms with Crippen LogP contribution in [-0.4, -0.2) is 57.8 Å². The SMILES string of the molecule is COc1ccc(N2C(=NC(=O)NCC(C)Cc3ccc(-c4ncn(-c5ccc(OC(F)(F)F)cc5)n4)cc3)SCCC2C)c(C(C)C)c1. The molecule has 0 radical (unpaired) electrons. The third kappa shape index (κ3) is 8.88. The summed E-state index contributed by atoms with van der Waals surface area (Å²) in [5.41, 5.74) is 4.63. The van der Waals surface area contributed by atoms with Crippen LogP contribution in [0.1, 0.15) is 51.2 Å². The smallest absolute Gasteiger partial charge is 0.497 e. The summed E-state index contributed by atoms with van der Waals surface area (Å²) in [6.07, 6.45) is -1.52. The van der Waals surface area contributed by atoms with Gasteiger partial charge in [-0.3, -0.25) is 0 Å². The Kier molecular flexibility index (Phi) is 11.0. The summed E-state index contributed by atoms with van der Waals surface area (Å²) in [5, 5.41) is 8.15. The standard InChI is InChI=1S/C35H39F3N6O3S/c1-22(2)30-19-29(46-5)14-15-31(30)44-24(4)16-17-48-34(44)41-33(45)39-20-23(3)18-25-6-8-26(9-7-25)32-40-21-43(42-32)27-10-12-28(13-11-27)47-35(36,37)38/h6-15,19,21-24H,16-18,20H2,1-5H3,(H,39,45). The number of amides is 2. The predicted octanol–water partition coefficient (Wildman–Crippen LogP) is 8.24. The fraction of sp³-hybridized carbons (Fsp3) is 0.371. The van der Waals surface area contributed by atoms with Gasteiger partial charge in [0.2, 0.25) is 0 Å². The minimum Gasteiger partial charge on any atom is -0.497 e. The van der Waals surface area contributed by atoms with Crippen LogP contribution in [0, 0.1) is 5.92 Å². The summed E-state index contributed by atoms with van der Waals surface area (Å²) in [6, 6.07) is 19.1. The van der Waals surface area contributed by atoms with E-state index in [1.165, 1.54) is 35.3 Å². The van der Waals surface area contributed by atoms with Crippen molar-refractivity contribution >= 4 is 28.6 Å². The first-order chi connectivity index (χ1) is 22.9. The van der Waals surface area contributed by atoms with E-state index in [1.54, 1.807) is 18.9 Å². The monoisotopic (exact) mass is 680 g/mol. The van der Waals surface area contributed by atoms with Gasteiger partial charge in [-0.25, -0.2) is 14.5 Å². The van der Waals surface area contributed by atoms with Crippen LogP contribution >= 0.6 is 11.8 Å². The number of hydrogen-bond donors (Lipinski definition) is 1. The van der Waals surface area contributed by atoms with Gasteiger partial charge in [0.25, 0.3) is 0 Å². The van der Waals surface area contributed by atoms with Crippen molar-refractivity contribution in [1.82, 2.24) is 20.1 Å². The fourth-order valence-electron chi connectivity index (χ4n) is 5.45. The molecule has 48 heavy (non-hydrogen) atoms. The molecule has 13 heteroatoms. The molecule has 1 aliphatic heterocycles. The van der Waals surface area contributed by atoms with E-state index in [-0.39, 0.29) is 29.7 Å². The molecule has 0 bridgehead atoms.